The van der Waals surface area contributed by atoms with Gasteiger partial charge in [0, 0.05) is 30.4 Å². The van der Waals surface area contributed by atoms with Crippen LogP contribution in [-0.4, -0.2) is 35.6 Å². The van der Waals surface area contributed by atoms with Gasteiger partial charge in [0.2, 0.25) is 0 Å². The highest BCUT2D eigenvalue weighted by Crippen LogP contribution is 2.32. The number of pyridine rings is 1. The summed E-state index contributed by atoms with van der Waals surface area (Å²) in [7, 11) is 0. The van der Waals surface area contributed by atoms with Crippen molar-refractivity contribution in [1.29, 1.82) is 0 Å². The van der Waals surface area contributed by atoms with E-state index in [1.807, 2.05) is 13.0 Å². The van der Waals surface area contributed by atoms with Gasteiger partial charge in [0.15, 0.2) is 0 Å². The molecule has 1 aromatic rings. The van der Waals surface area contributed by atoms with Gasteiger partial charge in [0.1, 0.15) is 5.82 Å². The number of carbonyl (C=O) groups is 1. The smallest absolute Gasteiger partial charge is 0.252 e. The molecule has 0 saturated carbocycles. The Morgan fingerprint density at radius 2 is 2.05 bits per heavy atom. The Morgan fingerprint density at radius 1 is 1.38 bits per heavy atom. The van der Waals surface area contributed by atoms with Crippen LogP contribution in [0, 0.1) is 6.92 Å². The molecule has 2 aliphatic rings. The standard InChI is InChI=1S/C16H24N4O/c1-3-20(13-8-11-5-6-12(9-13)19-11)16-14(15(17)21)7-4-10(2)18-16/h4,7,11-13,19H,3,5-6,8-9H2,1-2H3,(H2,17,21). The van der Waals surface area contributed by atoms with Gasteiger partial charge in [-0.15, -0.1) is 0 Å². The van der Waals surface area contributed by atoms with Crippen molar-refractivity contribution in [3.05, 3.63) is 23.4 Å². The van der Waals surface area contributed by atoms with E-state index in [1.165, 1.54) is 12.8 Å². The van der Waals surface area contributed by atoms with Gasteiger partial charge < -0.3 is 16.0 Å². The zero-order valence-electron chi connectivity index (χ0n) is 12.8. The molecule has 1 amide bonds. The molecule has 5 nitrogen and oxygen atoms in total. The van der Waals surface area contributed by atoms with Crippen molar-refractivity contribution < 1.29 is 4.79 Å². The van der Waals surface area contributed by atoms with E-state index in [-0.39, 0.29) is 0 Å². The van der Waals surface area contributed by atoms with Crippen LogP contribution in [0.15, 0.2) is 12.1 Å². The molecule has 0 radical (unpaired) electrons. The molecule has 2 saturated heterocycles. The molecule has 1 aromatic heterocycles. The lowest BCUT2D eigenvalue weighted by Crippen LogP contribution is -2.49. The highest BCUT2D eigenvalue weighted by Gasteiger charge is 2.36. The fourth-order valence-electron chi connectivity index (χ4n) is 3.82. The molecule has 2 bridgehead atoms. The van der Waals surface area contributed by atoms with Crippen molar-refractivity contribution in [2.75, 3.05) is 11.4 Å². The monoisotopic (exact) mass is 288 g/mol. The summed E-state index contributed by atoms with van der Waals surface area (Å²) in [5, 5.41) is 3.66. The molecule has 0 aromatic carbocycles. The number of aromatic nitrogens is 1. The van der Waals surface area contributed by atoms with Crippen LogP contribution in [0.3, 0.4) is 0 Å². The summed E-state index contributed by atoms with van der Waals surface area (Å²) in [5.74, 6) is 0.365. The van der Waals surface area contributed by atoms with Crippen LogP contribution in [0.2, 0.25) is 0 Å². The number of hydrogen-bond donors (Lipinski definition) is 2. The highest BCUT2D eigenvalue weighted by atomic mass is 16.1. The Morgan fingerprint density at radius 3 is 2.62 bits per heavy atom. The molecular weight excluding hydrogens is 264 g/mol. The maximum absolute atomic E-state index is 11.7. The molecule has 2 aliphatic heterocycles. The number of nitrogens with zero attached hydrogens (tertiary/aromatic N) is 2. The first kappa shape index (κ1) is 14.3. The molecule has 3 rings (SSSR count). The number of aryl methyl sites for hydroxylation is 1. The Bertz CT molecular complexity index is 533. The zero-order valence-corrected chi connectivity index (χ0v) is 12.8. The third-order valence-corrected chi connectivity index (χ3v) is 4.78. The summed E-state index contributed by atoms with van der Waals surface area (Å²) in [6.07, 6.45) is 4.78. The van der Waals surface area contributed by atoms with E-state index < -0.39 is 5.91 Å². The molecule has 3 N–H and O–H groups in total. The minimum atomic E-state index is -0.396. The summed E-state index contributed by atoms with van der Waals surface area (Å²) < 4.78 is 0. The number of anilines is 1. The largest absolute Gasteiger partial charge is 0.365 e. The second kappa shape index (κ2) is 5.64. The summed E-state index contributed by atoms with van der Waals surface area (Å²) in [4.78, 5) is 18.6. The number of hydrogen-bond acceptors (Lipinski definition) is 4. The van der Waals surface area contributed by atoms with Gasteiger partial charge in [-0.1, -0.05) is 0 Å². The fourth-order valence-corrected chi connectivity index (χ4v) is 3.82. The van der Waals surface area contributed by atoms with Crippen LogP contribution in [0.1, 0.15) is 48.7 Å². The lowest BCUT2D eigenvalue weighted by molar-refractivity contribution is 0.100. The molecule has 2 unspecified atom stereocenters. The van der Waals surface area contributed by atoms with Gasteiger partial charge in [-0.3, -0.25) is 4.79 Å². The number of amides is 1. The SMILES string of the molecule is CCN(c1nc(C)ccc1C(N)=O)C1CC2CCC(C1)N2. The minimum Gasteiger partial charge on any atom is -0.365 e. The molecule has 2 fully saturated rings. The van der Waals surface area contributed by atoms with Crippen LogP contribution < -0.4 is 16.0 Å². The van der Waals surface area contributed by atoms with Crippen molar-refractivity contribution in [2.45, 2.75) is 57.7 Å². The predicted molar refractivity (Wildman–Crippen MR) is 83.5 cm³/mol. The third kappa shape index (κ3) is 2.75. The van der Waals surface area contributed by atoms with Gasteiger partial charge in [-0.25, -0.2) is 4.98 Å². The van der Waals surface area contributed by atoms with Crippen molar-refractivity contribution in [2.24, 2.45) is 5.73 Å². The average Bonchev–Trinajstić information content (AvgIpc) is 2.78. The summed E-state index contributed by atoms with van der Waals surface area (Å²) in [5.41, 5.74) is 6.99. The van der Waals surface area contributed by atoms with E-state index in [4.69, 9.17) is 5.73 Å². The molecule has 2 atom stereocenters. The molecule has 0 spiro atoms. The van der Waals surface area contributed by atoms with Crippen LogP contribution in [0.5, 0.6) is 0 Å². The molecule has 21 heavy (non-hydrogen) atoms. The Kier molecular flexibility index (Phi) is 3.85. The summed E-state index contributed by atoms with van der Waals surface area (Å²) in [6, 6.07) is 5.33. The number of nitrogens with two attached hydrogens (primary N) is 1. The number of primary amides is 1. The first-order valence-corrected chi connectivity index (χ1v) is 7.88. The maximum Gasteiger partial charge on any atom is 0.252 e. The second-order valence-electron chi connectivity index (χ2n) is 6.24. The zero-order chi connectivity index (χ0) is 15.0. The normalized spacial score (nSPS) is 27.6. The van der Waals surface area contributed by atoms with Gasteiger partial charge in [-0.2, -0.15) is 0 Å². The number of piperidine rings is 1. The highest BCUT2D eigenvalue weighted by molar-refractivity contribution is 5.97. The third-order valence-electron chi connectivity index (χ3n) is 4.78. The minimum absolute atomic E-state index is 0.396. The Balaban J connectivity index is 1.92. The molecule has 5 heteroatoms. The van der Waals surface area contributed by atoms with E-state index in [1.54, 1.807) is 6.07 Å². The Hall–Kier alpha value is -1.62. The van der Waals surface area contributed by atoms with Gasteiger partial charge in [0.05, 0.1) is 5.56 Å². The second-order valence-corrected chi connectivity index (χ2v) is 6.24. The van der Waals surface area contributed by atoms with Crippen molar-refractivity contribution >= 4 is 11.7 Å². The number of fused-ring (bicyclic) bond motifs is 2. The van der Waals surface area contributed by atoms with Crippen LogP contribution in [-0.2, 0) is 0 Å². The molecule has 0 aliphatic carbocycles. The van der Waals surface area contributed by atoms with Gasteiger partial charge in [-0.05, 0) is 51.7 Å². The molecule has 3 heterocycles. The number of rotatable bonds is 4. The number of nitrogens with one attached hydrogen (secondary N) is 1. The predicted octanol–water partition coefficient (Wildman–Crippen LogP) is 1.60. The van der Waals surface area contributed by atoms with Crippen molar-refractivity contribution in [1.82, 2.24) is 10.3 Å². The molecule has 114 valence electrons. The summed E-state index contributed by atoms with van der Waals surface area (Å²) in [6.45, 7) is 4.92. The van der Waals surface area contributed by atoms with Crippen LogP contribution in [0.4, 0.5) is 5.82 Å². The van der Waals surface area contributed by atoms with Crippen LogP contribution >= 0.6 is 0 Å². The maximum atomic E-state index is 11.7. The summed E-state index contributed by atoms with van der Waals surface area (Å²) >= 11 is 0. The Labute approximate surface area is 125 Å². The quantitative estimate of drug-likeness (QED) is 0.883. The lowest BCUT2D eigenvalue weighted by atomic mass is 9.97. The fraction of sp³-hybridized carbons (Fsp3) is 0.625. The lowest BCUT2D eigenvalue weighted by Gasteiger charge is -2.38. The van der Waals surface area contributed by atoms with Crippen molar-refractivity contribution in [3.63, 3.8) is 0 Å². The van der Waals surface area contributed by atoms with E-state index in [9.17, 15) is 4.79 Å². The van der Waals surface area contributed by atoms with E-state index in [0.29, 0.717) is 23.7 Å². The van der Waals surface area contributed by atoms with E-state index in [0.717, 1.165) is 30.9 Å². The van der Waals surface area contributed by atoms with Gasteiger partial charge in [0.25, 0.3) is 5.91 Å². The van der Waals surface area contributed by atoms with E-state index in [2.05, 4.69) is 22.1 Å². The van der Waals surface area contributed by atoms with E-state index >= 15 is 0 Å². The molecular formula is C16H24N4O. The first-order valence-electron chi connectivity index (χ1n) is 7.88. The van der Waals surface area contributed by atoms with Crippen LogP contribution in [0.25, 0.3) is 0 Å². The number of carbonyl (C=O) groups excluding carboxylic acids is 1. The topological polar surface area (TPSA) is 71.2 Å². The van der Waals surface area contributed by atoms with Crippen molar-refractivity contribution in [3.8, 4) is 0 Å². The first-order chi connectivity index (χ1) is 10.1. The average molecular weight is 288 g/mol. The van der Waals surface area contributed by atoms with Gasteiger partial charge >= 0.3 is 0 Å².